The SMILES string of the molecule is Cc1cc(NN)c(C(=O)Nc2cc(Cl)ccc2C#N)cn1. The maximum atomic E-state index is 12.3. The number of aromatic nitrogens is 1. The molecule has 1 aromatic carbocycles. The molecule has 1 amide bonds. The number of nitrogens with zero attached hydrogens (tertiary/aromatic N) is 2. The van der Waals surface area contributed by atoms with Gasteiger partial charge in [-0.25, -0.2) is 0 Å². The smallest absolute Gasteiger partial charge is 0.259 e. The molecular weight excluding hydrogens is 290 g/mol. The fourth-order valence-corrected chi connectivity index (χ4v) is 1.94. The fourth-order valence-electron chi connectivity index (χ4n) is 1.77. The normalized spacial score (nSPS) is 9.81. The van der Waals surface area contributed by atoms with E-state index in [1.165, 1.54) is 18.3 Å². The highest BCUT2D eigenvalue weighted by molar-refractivity contribution is 6.31. The zero-order valence-electron chi connectivity index (χ0n) is 11.1. The van der Waals surface area contributed by atoms with Crippen LogP contribution < -0.4 is 16.6 Å². The van der Waals surface area contributed by atoms with Crippen molar-refractivity contribution in [3.05, 3.63) is 52.3 Å². The quantitative estimate of drug-likeness (QED) is 0.597. The first-order valence-electron chi connectivity index (χ1n) is 5.99. The second-order valence-corrected chi connectivity index (χ2v) is 4.71. The van der Waals surface area contributed by atoms with Crippen LogP contribution in [0.5, 0.6) is 0 Å². The third-order valence-electron chi connectivity index (χ3n) is 2.79. The summed E-state index contributed by atoms with van der Waals surface area (Å²) >= 11 is 5.88. The molecule has 2 rings (SSSR count). The Morgan fingerprint density at radius 3 is 2.81 bits per heavy atom. The third-order valence-corrected chi connectivity index (χ3v) is 3.03. The molecule has 4 N–H and O–H groups in total. The summed E-state index contributed by atoms with van der Waals surface area (Å²) in [4.78, 5) is 16.3. The predicted octanol–water partition coefficient (Wildman–Crippen LogP) is 2.45. The standard InChI is InChI=1S/C14H12ClN5O/c1-8-4-13(20-17)11(7-18-8)14(21)19-12-5-10(15)3-2-9(12)6-16/h2-5,7H,17H2,1H3,(H,18,20)(H,19,21). The van der Waals surface area contributed by atoms with Crippen molar-refractivity contribution in [1.29, 1.82) is 5.26 Å². The zero-order chi connectivity index (χ0) is 15.4. The predicted molar refractivity (Wildman–Crippen MR) is 80.9 cm³/mol. The van der Waals surface area contributed by atoms with E-state index in [1.54, 1.807) is 19.1 Å². The lowest BCUT2D eigenvalue weighted by Gasteiger charge is -2.11. The Balaban J connectivity index is 2.35. The number of carbonyl (C=O) groups is 1. The zero-order valence-corrected chi connectivity index (χ0v) is 11.9. The molecular formula is C14H12ClN5O. The molecule has 0 saturated heterocycles. The van der Waals surface area contributed by atoms with Crippen molar-refractivity contribution in [1.82, 2.24) is 4.98 Å². The summed E-state index contributed by atoms with van der Waals surface area (Å²) in [7, 11) is 0. The van der Waals surface area contributed by atoms with Crippen LogP contribution in [0.2, 0.25) is 5.02 Å². The first-order valence-corrected chi connectivity index (χ1v) is 6.37. The van der Waals surface area contributed by atoms with E-state index in [0.29, 0.717) is 22.0 Å². The summed E-state index contributed by atoms with van der Waals surface area (Å²) in [6, 6.07) is 8.26. The van der Waals surface area contributed by atoms with Crippen LogP contribution in [0.15, 0.2) is 30.5 Å². The van der Waals surface area contributed by atoms with E-state index in [1.807, 2.05) is 6.07 Å². The van der Waals surface area contributed by atoms with E-state index >= 15 is 0 Å². The number of halogens is 1. The summed E-state index contributed by atoms with van der Waals surface area (Å²) < 4.78 is 0. The van der Waals surface area contributed by atoms with Crippen molar-refractivity contribution in [2.45, 2.75) is 6.92 Å². The minimum absolute atomic E-state index is 0.270. The Kier molecular flexibility index (Phi) is 4.38. The van der Waals surface area contributed by atoms with E-state index in [-0.39, 0.29) is 5.56 Å². The van der Waals surface area contributed by atoms with Gasteiger partial charge in [0.05, 0.1) is 22.5 Å². The van der Waals surface area contributed by atoms with Crippen LogP contribution >= 0.6 is 11.6 Å². The molecule has 7 heteroatoms. The van der Waals surface area contributed by atoms with Crippen LogP contribution in [-0.4, -0.2) is 10.9 Å². The molecule has 106 valence electrons. The number of hydrogen-bond donors (Lipinski definition) is 3. The molecule has 0 spiro atoms. The van der Waals surface area contributed by atoms with Gasteiger partial charge in [-0.1, -0.05) is 11.6 Å². The lowest BCUT2D eigenvalue weighted by atomic mass is 10.1. The molecule has 0 atom stereocenters. The largest absolute Gasteiger partial charge is 0.323 e. The van der Waals surface area contributed by atoms with Gasteiger partial charge in [-0.05, 0) is 31.2 Å². The van der Waals surface area contributed by atoms with E-state index in [0.717, 1.165) is 5.69 Å². The van der Waals surface area contributed by atoms with Gasteiger partial charge in [0, 0.05) is 16.9 Å². The lowest BCUT2D eigenvalue weighted by Crippen LogP contribution is -2.18. The minimum atomic E-state index is -0.436. The fraction of sp³-hybridized carbons (Fsp3) is 0.0714. The first kappa shape index (κ1) is 14.8. The molecule has 0 saturated carbocycles. The number of amides is 1. The molecule has 21 heavy (non-hydrogen) atoms. The third kappa shape index (κ3) is 3.28. The second-order valence-electron chi connectivity index (χ2n) is 4.27. The molecule has 0 bridgehead atoms. The number of hydrazine groups is 1. The second kappa shape index (κ2) is 6.22. The minimum Gasteiger partial charge on any atom is -0.323 e. The van der Waals surface area contributed by atoms with Gasteiger partial charge in [0.15, 0.2) is 0 Å². The van der Waals surface area contributed by atoms with E-state index < -0.39 is 5.91 Å². The van der Waals surface area contributed by atoms with Crippen molar-refractivity contribution in [2.75, 3.05) is 10.7 Å². The topological polar surface area (TPSA) is 104 Å². The number of nitriles is 1. The Bertz CT molecular complexity index is 739. The van der Waals surface area contributed by atoms with Crippen LogP contribution in [-0.2, 0) is 0 Å². The van der Waals surface area contributed by atoms with Crippen LogP contribution in [0.1, 0.15) is 21.6 Å². The Morgan fingerprint density at radius 2 is 2.14 bits per heavy atom. The highest BCUT2D eigenvalue weighted by atomic mass is 35.5. The number of nitrogen functional groups attached to an aromatic ring is 1. The number of anilines is 2. The summed E-state index contributed by atoms with van der Waals surface area (Å²) in [5, 5.41) is 12.1. The van der Waals surface area contributed by atoms with Crippen molar-refractivity contribution in [2.24, 2.45) is 5.84 Å². The number of rotatable bonds is 3. The molecule has 0 aliphatic rings. The van der Waals surface area contributed by atoms with E-state index in [2.05, 4.69) is 15.7 Å². The number of nitrogens with one attached hydrogen (secondary N) is 2. The number of pyridine rings is 1. The summed E-state index contributed by atoms with van der Waals surface area (Å²) in [6.07, 6.45) is 1.41. The molecule has 0 aliphatic carbocycles. The highest BCUT2D eigenvalue weighted by Gasteiger charge is 2.14. The molecule has 0 aliphatic heterocycles. The van der Waals surface area contributed by atoms with Gasteiger partial charge in [0.1, 0.15) is 6.07 Å². The van der Waals surface area contributed by atoms with Gasteiger partial charge < -0.3 is 10.7 Å². The van der Waals surface area contributed by atoms with Crippen LogP contribution in [0, 0.1) is 18.3 Å². The van der Waals surface area contributed by atoms with Gasteiger partial charge in [0.25, 0.3) is 5.91 Å². The van der Waals surface area contributed by atoms with Gasteiger partial charge in [-0.15, -0.1) is 0 Å². The summed E-state index contributed by atoms with van der Waals surface area (Å²) in [5.74, 6) is 4.96. The highest BCUT2D eigenvalue weighted by Crippen LogP contribution is 2.22. The Morgan fingerprint density at radius 1 is 1.38 bits per heavy atom. The number of hydrogen-bond acceptors (Lipinski definition) is 5. The number of benzene rings is 1. The lowest BCUT2D eigenvalue weighted by molar-refractivity contribution is 0.102. The van der Waals surface area contributed by atoms with Gasteiger partial charge in [-0.3, -0.25) is 15.6 Å². The molecule has 0 unspecified atom stereocenters. The molecule has 0 fully saturated rings. The molecule has 1 heterocycles. The van der Waals surface area contributed by atoms with Crippen molar-refractivity contribution < 1.29 is 4.79 Å². The summed E-state index contributed by atoms with van der Waals surface area (Å²) in [6.45, 7) is 1.78. The van der Waals surface area contributed by atoms with E-state index in [9.17, 15) is 4.79 Å². The van der Waals surface area contributed by atoms with Gasteiger partial charge >= 0.3 is 0 Å². The van der Waals surface area contributed by atoms with Crippen molar-refractivity contribution in [3.8, 4) is 6.07 Å². The number of aryl methyl sites for hydroxylation is 1. The molecule has 0 radical (unpaired) electrons. The molecule has 6 nitrogen and oxygen atoms in total. The molecule has 2 aromatic rings. The van der Waals surface area contributed by atoms with Crippen molar-refractivity contribution >= 4 is 28.9 Å². The summed E-state index contributed by atoms with van der Waals surface area (Å²) in [5.41, 5.74) is 4.54. The van der Waals surface area contributed by atoms with E-state index in [4.69, 9.17) is 22.7 Å². The van der Waals surface area contributed by atoms with Crippen molar-refractivity contribution in [3.63, 3.8) is 0 Å². The average molecular weight is 302 g/mol. The van der Waals surface area contributed by atoms with Gasteiger partial charge in [0.2, 0.25) is 0 Å². The van der Waals surface area contributed by atoms with Gasteiger partial charge in [-0.2, -0.15) is 5.26 Å². The van der Waals surface area contributed by atoms with Crippen LogP contribution in [0.25, 0.3) is 0 Å². The Labute approximate surface area is 126 Å². The first-order chi connectivity index (χ1) is 10.0. The Hall–Kier alpha value is -2.62. The average Bonchev–Trinajstić information content (AvgIpc) is 2.47. The maximum absolute atomic E-state index is 12.3. The van der Waals surface area contributed by atoms with Crippen LogP contribution in [0.3, 0.4) is 0 Å². The van der Waals surface area contributed by atoms with Crippen LogP contribution in [0.4, 0.5) is 11.4 Å². The maximum Gasteiger partial charge on any atom is 0.259 e. The monoisotopic (exact) mass is 301 g/mol. The molecule has 1 aromatic heterocycles. The number of carbonyl (C=O) groups excluding carboxylic acids is 1. The number of nitrogens with two attached hydrogens (primary N) is 1.